The minimum Gasteiger partial charge on any atom is -0.354 e. The minimum absolute atomic E-state index is 0.572. The van der Waals surface area contributed by atoms with Gasteiger partial charge in [-0.15, -0.1) is 0 Å². The van der Waals surface area contributed by atoms with Gasteiger partial charge in [0, 0.05) is 25.3 Å². The van der Waals surface area contributed by atoms with Crippen molar-refractivity contribution in [1.82, 2.24) is 10.3 Å². The van der Waals surface area contributed by atoms with E-state index in [9.17, 15) is 0 Å². The average molecular weight is 296 g/mol. The van der Waals surface area contributed by atoms with E-state index in [1.54, 1.807) is 6.20 Å². The van der Waals surface area contributed by atoms with E-state index in [0.29, 0.717) is 6.04 Å². The number of pyridine rings is 1. The first-order valence-electron chi connectivity index (χ1n) is 7.84. The number of rotatable bonds is 5. The summed E-state index contributed by atoms with van der Waals surface area (Å²) in [6, 6.07) is 2.73. The molecule has 4 heteroatoms. The Hall–Kier alpha value is -0.800. The highest BCUT2D eigenvalue weighted by Gasteiger charge is 2.19. The third-order valence-corrected chi connectivity index (χ3v) is 4.35. The van der Waals surface area contributed by atoms with Crippen molar-refractivity contribution >= 4 is 17.4 Å². The van der Waals surface area contributed by atoms with Gasteiger partial charge >= 0.3 is 0 Å². The summed E-state index contributed by atoms with van der Waals surface area (Å²) >= 11 is 6.26. The third-order valence-electron chi connectivity index (χ3n) is 4.01. The Labute approximate surface area is 127 Å². The lowest BCUT2D eigenvalue weighted by Gasteiger charge is -2.28. The number of aromatic nitrogens is 1. The predicted octanol–water partition coefficient (Wildman–Crippen LogP) is 4.00. The predicted molar refractivity (Wildman–Crippen MR) is 86.5 cm³/mol. The molecule has 1 aliphatic rings. The zero-order valence-electron chi connectivity index (χ0n) is 12.7. The fraction of sp³-hybridized carbons (Fsp3) is 0.688. The quantitative estimate of drug-likeness (QED) is 0.832. The molecule has 1 N–H and O–H groups in total. The Morgan fingerprint density at radius 2 is 2.25 bits per heavy atom. The zero-order valence-corrected chi connectivity index (χ0v) is 13.4. The summed E-state index contributed by atoms with van der Waals surface area (Å²) in [5.41, 5.74) is 1.15. The van der Waals surface area contributed by atoms with E-state index in [-0.39, 0.29) is 0 Å². The van der Waals surface area contributed by atoms with Crippen LogP contribution in [-0.2, 0) is 6.54 Å². The molecule has 0 radical (unpaired) electrons. The zero-order chi connectivity index (χ0) is 14.4. The van der Waals surface area contributed by atoms with Crippen LogP contribution in [0.5, 0.6) is 0 Å². The minimum atomic E-state index is 0.572. The standard InChI is InChI=1S/C16H26ClN3/c1-3-8-18-11-14-10-16(19-12-15(14)17)20-9-6-4-5-7-13(20)2/h10,12-13,18H,3-9,11H2,1-2H3. The van der Waals surface area contributed by atoms with Crippen molar-refractivity contribution in [2.24, 2.45) is 0 Å². The summed E-state index contributed by atoms with van der Waals surface area (Å²) < 4.78 is 0. The first-order valence-corrected chi connectivity index (χ1v) is 8.22. The third kappa shape index (κ3) is 4.10. The van der Waals surface area contributed by atoms with Crippen molar-refractivity contribution in [3.63, 3.8) is 0 Å². The van der Waals surface area contributed by atoms with Crippen LogP contribution in [0.15, 0.2) is 12.3 Å². The molecule has 1 aromatic heterocycles. The summed E-state index contributed by atoms with van der Waals surface area (Å²) in [7, 11) is 0. The second-order valence-electron chi connectivity index (χ2n) is 5.70. The van der Waals surface area contributed by atoms with Gasteiger partial charge in [0.15, 0.2) is 0 Å². The molecule has 1 aliphatic heterocycles. The maximum atomic E-state index is 6.26. The fourth-order valence-corrected chi connectivity index (χ4v) is 2.95. The second-order valence-corrected chi connectivity index (χ2v) is 6.11. The average Bonchev–Trinajstić information content (AvgIpc) is 2.66. The molecule has 0 amide bonds. The van der Waals surface area contributed by atoms with Crippen molar-refractivity contribution in [3.05, 3.63) is 22.8 Å². The van der Waals surface area contributed by atoms with Crippen LogP contribution >= 0.6 is 11.6 Å². The molecule has 0 saturated carbocycles. The van der Waals surface area contributed by atoms with E-state index in [1.807, 2.05) is 0 Å². The lowest BCUT2D eigenvalue weighted by Crippen LogP contribution is -2.33. The van der Waals surface area contributed by atoms with Crippen molar-refractivity contribution in [1.29, 1.82) is 0 Å². The highest BCUT2D eigenvalue weighted by atomic mass is 35.5. The van der Waals surface area contributed by atoms with Crippen molar-refractivity contribution in [3.8, 4) is 0 Å². The molecule has 112 valence electrons. The van der Waals surface area contributed by atoms with Gasteiger partial charge in [0.05, 0.1) is 5.02 Å². The van der Waals surface area contributed by atoms with Crippen LogP contribution in [0, 0.1) is 0 Å². The topological polar surface area (TPSA) is 28.2 Å². The first-order chi connectivity index (χ1) is 9.72. The molecular formula is C16H26ClN3. The van der Waals surface area contributed by atoms with Gasteiger partial charge < -0.3 is 10.2 Å². The van der Waals surface area contributed by atoms with Gasteiger partial charge in [-0.2, -0.15) is 0 Å². The molecule has 3 nitrogen and oxygen atoms in total. The summed E-state index contributed by atoms with van der Waals surface area (Å²) in [5, 5.41) is 4.18. The molecule has 1 atom stereocenters. The van der Waals surface area contributed by atoms with Crippen molar-refractivity contribution in [2.45, 2.75) is 58.5 Å². The van der Waals surface area contributed by atoms with Gasteiger partial charge in [0.1, 0.15) is 5.82 Å². The van der Waals surface area contributed by atoms with E-state index in [1.165, 1.54) is 25.7 Å². The number of halogens is 1. The molecule has 1 fully saturated rings. The number of hydrogen-bond donors (Lipinski definition) is 1. The van der Waals surface area contributed by atoms with Crippen LogP contribution in [0.2, 0.25) is 5.02 Å². The van der Waals surface area contributed by atoms with Gasteiger partial charge in [-0.1, -0.05) is 31.4 Å². The Morgan fingerprint density at radius 3 is 3.05 bits per heavy atom. The van der Waals surface area contributed by atoms with E-state index in [0.717, 1.165) is 42.5 Å². The monoisotopic (exact) mass is 295 g/mol. The molecule has 2 rings (SSSR count). The van der Waals surface area contributed by atoms with E-state index in [2.05, 4.69) is 35.1 Å². The van der Waals surface area contributed by atoms with Crippen LogP contribution in [0.4, 0.5) is 5.82 Å². The Kier molecular flexibility index (Phi) is 6.11. The van der Waals surface area contributed by atoms with E-state index in [4.69, 9.17) is 11.6 Å². The molecule has 1 aromatic rings. The SMILES string of the molecule is CCCNCc1cc(N2CCCCCC2C)ncc1Cl. The van der Waals surface area contributed by atoms with Crippen LogP contribution < -0.4 is 10.2 Å². The molecule has 20 heavy (non-hydrogen) atoms. The Bertz CT molecular complexity index is 422. The molecule has 1 unspecified atom stereocenters. The van der Waals surface area contributed by atoms with Gasteiger partial charge in [-0.05, 0) is 44.4 Å². The van der Waals surface area contributed by atoms with Crippen LogP contribution in [0.3, 0.4) is 0 Å². The Balaban J connectivity index is 2.12. The molecule has 0 aliphatic carbocycles. The van der Waals surface area contributed by atoms with E-state index < -0.39 is 0 Å². The van der Waals surface area contributed by atoms with Gasteiger partial charge in [0.2, 0.25) is 0 Å². The second kappa shape index (κ2) is 7.84. The molecule has 2 heterocycles. The van der Waals surface area contributed by atoms with Crippen LogP contribution in [0.1, 0.15) is 51.5 Å². The fourth-order valence-electron chi connectivity index (χ4n) is 2.78. The summed E-state index contributed by atoms with van der Waals surface area (Å²) in [4.78, 5) is 6.99. The molecule has 0 bridgehead atoms. The molecule has 0 aromatic carbocycles. The maximum absolute atomic E-state index is 6.26. The van der Waals surface area contributed by atoms with Gasteiger partial charge in [-0.25, -0.2) is 4.98 Å². The van der Waals surface area contributed by atoms with Gasteiger partial charge in [0.25, 0.3) is 0 Å². The molecule has 0 spiro atoms. The first kappa shape index (κ1) is 15.6. The summed E-state index contributed by atoms with van der Waals surface area (Å²) in [5.74, 6) is 1.08. The Morgan fingerprint density at radius 1 is 1.40 bits per heavy atom. The van der Waals surface area contributed by atoms with Crippen molar-refractivity contribution in [2.75, 3.05) is 18.0 Å². The van der Waals surface area contributed by atoms with E-state index >= 15 is 0 Å². The van der Waals surface area contributed by atoms with Crippen LogP contribution in [0.25, 0.3) is 0 Å². The van der Waals surface area contributed by atoms with Gasteiger partial charge in [-0.3, -0.25) is 0 Å². The number of hydrogen-bond acceptors (Lipinski definition) is 3. The summed E-state index contributed by atoms with van der Waals surface area (Å²) in [6.45, 7) is 7.43. The largest absolute Gasteiger partial charge is 0.354 e. The normalized spacial score (nSPS) is 19.9. The maximum Gasteiger partial charge on any atom is 0.129 e. The number of nitrogens with one attached hydrogen (secondary N) is 1. The smallest absolute Gasteiger partial charge is 0.129 e. The lowest BCUT2D eigenvalue weighted by molar-refractivity contribution is 0.610. The number of nitrogens with zero attached hydrogens (tertiary/aromatic N) is 2. The summed E-state index contributed by atoms with van der Waals surface area (Å²) in [6.07, 6.45) is 8.12. The highest BCUT2D eigenvalue weighted by Crippen LogP contribution is 2.25. The highest BCUT2D eigenvalue weighted by molar-refractivity contribution is 6.31. The lowest BCUT2D eigenvalue weighted by atomic mass is 10.1. The molecular weight excluding hydrogens is 270 g/mol. The van der Waals surface area contributed by atoms with Crippen LogP contribution in [-0.4, -0.2) is 24.1 Å². The number of anilines is 1. The molecule has 1 saturated heterocycles. The van der Waals surface area contributed by atoms with Crippen molar-refractivity contribution < 1.29 is 0 Å².